The van der Waals surface area contributed by atoms with E-state index in [4.69, 9.17) is 4.74 Å². The highest BCUT2D eigenvalue weighted by Crippen LogP contribution is 2.22. The zero-order chi connectivity index (χ0) is 16.5. The Labute approximate surface area is 140 Å². The molecule has 1 aromatic carbocycles. The molecule has 2 atom stereocenters. The van der Waals surface area contributed by atoms with Crippen molar-refractivity contribution in [2.45, 2.75) is 25.9 Å². The van der Waals surface area contributed by atoms with Crippen LogP contribution in [-0.4, -0.2) is 51.7 Å². The van der Waals surface area contributed by atoms with E-state index in [0.29, 0.717) is 12.5 Å². The lowest BCUT2D eigenvalue weighted by Gasteiger charge is -2.40. The number of nitrogens with one attached hydrogen (secondary N) is 1. The van der Waals surface area contributed by atoms with Gasteiger partial charge in [0.2, 0.25) is 0 Å². The molecule has 0 unspecified atom stereocenters. The van der Waals surface area contributed by atoms with E-state index < -0.39 is 0 Å². The predicted octanol–water partition coefficient (Wildman–Crippen LogP) is 1.51. The van der Waals surface area contributed by atoms with Crippen molar-refractivity contribution in [2.24, 2.45) is 5.92 Å². The van der Waals surface area contributed by atoms with Crippen LogP contribution in [0.5, 0.6) is 0 Å². The first-order valence-electron chi connectivity index (χ1n) is 8.32. The lowest BCUT2D eigenvalue weighted by atomic mass is 9.92. The van der Waals surface area contributed by atoms with Gasteiger partial charge in [-0.25, -0.2) is 9.48 Å². The fraction of sp³-hybridized carbons (Fsp3) is 0.471. The number of hydrogen-bond acceptors (Lipinski definition) is 5. The third-order valence-electron chi connectivity index (χ3n) is 4.84. The minimum absolute atomic E-state index is 0.241. The number of amides is 1. The average Bonchev–Trinajstić information content (AvgIpc) is 3.04. The SMILES string of the molecule is Cc1ccccc1-n1cc(CN2CC[C@@H]3NC(=O)OC[C@H]3C2)nn1. The predicted molar refractivity (Wildman–Crippen MR) is 87.8 cm³/mol. The summed E-state index contributed by atoms with van der Waals surface area (Å²) >= 11 is 0. The molecule has 2 fully saturated rings. The van der Waals surface area contributed by atoms with Crippen LogP contribution in [0.1, 0.15) is 17.7 Å². The van der Waals surface area contributed by atoms with E-state index in [-0.39, 0.29) is 12.1 Å². The summed E-state index contributed by atoms with van der Waals surface area (Å²) in [5.41, 5.74) is 3.18. The molecule has 2 saturated heterocycles. The largest absolute Gasteiger partial charge is 0.449 e. The number of hydrogen-bond donors (Lipinski definition) is 1. The normalized spacial score (nSPS) is 24.1. The Balaban J connectivity index is 1.42. The summed E-state index contributed by atoms with van der Waals surface area (Å²) in [6.45, 7) is 5.19. The number of nitrogens with zero attached hydrogens (tertiary/aromatic N) is 4. The molecule has 0 aliphatic carbocycles. The number of aromatic nitrogens is 3. The van der Waals surface area contributed by atoms with E-state index in [0.717, 1.165) is 37.4 Å². The van der Waals surface area contributed by atoms with Gasteiger partial charge in [0.05, 0.1) is 24.2 Å². The summed E-state index contributed by atoms with van der Waals surface area (Å²) in [7, 11) is 0. The molecule has 4 rings (SSSR count). The van der Waals surface area contributed by atoms with Crippen molar-refractivity contribution >= 4 is 6.09 Å². The molecule has 0 bridgehead atoms. The number of aryl methyl sites for hydroxylation is 1. The molecule has 7 heteroatoms. The molecule has 0 radical (unpaired) electrons. The molecule has 7 nitrogen and oxygen atoms in total. The molecule has 1 amide bonds. The van der Waals surface area contributed by atoms with E-state index in [1.807, 2.05) is 29.1 Å². The first kappa shape index (κ1) is 15.1. The topological polar surface area (TPSA) is 72.3 Å². The zero-order valence-corrected chi connectivity index (χ0v) is 13.7. The van der Waals surface area contributed by atoms with Crippen LogP contribution in [0.25, 0.3) is 5.69 Å². The van der Waals surface area contributed by atoms with Crippen molar-refractivity contribution in [3.8, 4) is 5.69 Å². The maximum Gasteiger partial charge on any atom is 0.407 e. The van der Waals surface area contributed by atoms with Crippen LogP contribution in [0.3, 0.4) is 0 Å². The van der Waals surface area contributed by atoms with Gasteiger partial charge in [0.1, 0.15) is 0 Å². The molecule has 3 heterocycles. The quantitative estimate of drug-likeness (QED) is 0.925. The number of likely N-dealkylation sites (tertiary alicyclic amines) is 1. The highest BCUT2D eigenvalue weighted by molar-refractivity contribution is 5.68. The second-order valence-electron chi connectivity index (χ2n) is 6.57. The maximum absolute atomic E-state index is 11.3. The van der Waals surface area contributed by atoms with E-state index in [1.54, 1.807) is 0 Å². The van der Waals surface area contributed by atoms with Gasteiger partial charge in [0.25, 0.3) is 0 Å². The second kappa shape index (κ2) is 6.24. The Hall–Kier alpha value is -2.41. The lowest BCUT2D eigenvalue weighted by molar-refractivity contribution is 0.0344. The molecule has 0 spiro atoms. The Kier molecular flexibility index (Phi) is 3.93. The van der Waals surface area contributed by atoms with Crippen LogP contribution in [0.2, 0.25) is 0 Å². The lowest BCUT2D eigenvalue weighted by Crippen LogP contribution is -2.56. The van der Waals surface area contributed by atoms with Crippen molar-refractivity contribution in [2.75, 3.05) is 19.7 Å². The van der Waals surface area contributed by atoms with Gasteiger partial charge in [0.15, 0.2) is 0 Å². The number of cyclic esters (lactones) is 1. The second-order valence-corrected chi connectivity index (χ2v) is 6.57. The van der Waals surface area contributed by atoms with Gasteiger partial charge >= 0.3 is 6.09 Å². The van der Waals surface area contributed by atoms with Gasteiger partial charge in [-0.1, -0.05) is 23.4 Å². The summed E-state index contributed by atoms with van der Waals surface area (Å²) in [5, 5.41) is 11.5. The standard InChI is InChI=1S/C17H21N5O2/c1-12-4-2-3-5-16(12)22-10-14(19-20-22)9-21-7-6-15-13(8-21)11-24-17(23)18-15/h2-5,10,13,15H,6-9,11H2,1H3,(H,18,23)/t13-,15+/m1/s1. The van der Waals surface area contributed by atoms with Gasteiger partial charge in [-0.15, -0.1) is 5.10 Å². The summed E-state index contributed by atoms with van der Waals surface area (Å²) in [5.74, 6) is 0.350. The minimum Gasteiger partial charge on any atom is -0.449 e. The van der Waals surface area contributed by atoms with Crippen LogP contribution in [-0.2, 0) is 11.3 Å². The molecule has 1 aromatic heterocycles. The van der Waals surface area contributed by atoms with E-state index in [2.05, 4.69) is 33.5 Å². The summed E-state index contributed by atoms with van der Waals surface area (Å²) in [6, 6.07) is 8.38. The molecule has 1 N–H and O–H groups in total. The molecule has 24 heavy (non-hydrogen) atoms. The highest BCUT2D eigenvalue weighted by Gasteiger charge is 2.35. The number of ether oxygens (including phenoxy) is 1. The summed E-state index contributed by atoms with van der Waals surface area (Å²) in [4.78, 5) is 13.6. The molecule has 126 valence electrons. The Morgan fingerprint density at radius 1 is 1.38 bits per heavy atom. The number of rotatable bonds is 3. The fourth-order valence-corrected chi connectivity index (χ4v) is 3.52. The molecule has 2 aliphatic heterocycles. The van der Waals surface area contributed by atoms with Gasteiger partial charge in [-0.05, 0) is 25.0 Å². The first-order valence-corrected chi connectivity index (χ1v) is 8.32. The van der Waals surface area contributed by atoms with Gasteiger partial charge in [0, 0.05) is 31.6 Å². The Morgan fingerprint density at radius 3 is 3.12 bits per heavy atom. The third kappa shape index (κ3) is 2.99. The minimum atomic E-state index is -0.286. The van der Waals surface area contributed by atoms with E-state index >= 15 is 0 Å². The van der Waals surface area contributed by atoms with Crippen LogP contribution in [0, 0.1) is 12.8 Å². The number of fused-ring (bicyclic) bond motifs is 1. The number of alkyl carbamates (subject to hydrolysis) is 1. The van der Waals surface area contributed by atoms with Crippen LogP contribution in [0.4, 0.5) is 4.79 Å². The van der Waals surface area contributed by atoms with Crippen molar-refractivity contribution in [1.29, 1.82) is 0 Å². The van der Waals surface area contributed by atoms with Crippen LogP contribution >= 0.6 is 0 Å². The number of para-hydroxylation sites is 1. The van der Waals surface area contributed by atoms with Crippen molar-refractivity contribution < 1.29 is 9.53 Å². The van der Waals surface area contributed by atoms with Crippen molar-refractivity contribution in [3.05, 3.63) is 41.7 Å². The summed E-state index contributed by atoms with van der Waals surface area (Å²) in [6.07, 6.45) is 2.66. The van der Waals surface area contributed by atoms with E-state index in [1.165, 1.54) is 5.56 Å². The number of carbonyl (C=O) groups excluding carboxylic acids is 1. The molecular weight excluding hydrogens is 306 g/mol. The van der Waals surface area contributed by atoms with Crippen molar-refractivity contribution in [3.63, 3.8) is 0 Å². The number of carbonyl (C=O) groups is 1. The molecule has 2 aliphatic rings. The first-order chi connectivity index (χ1) is 11.7. The monoisotopic (exact) mass is 327 g/mol. The average molecular weight is 327 g/mol. The Morgan fingerprint density at radius 2 is 2.25 bits per heavy atom. The number of benzene rings is 1. The van der Waals surface area contributed by atoms with Gasteiger partial charge < -0.3 is 10.1 Å². The zero-order valence-electron chi connectivity index (χ0n) is 13.7. The highest BCUT2D eigenvalue weighted by atomic mass is 16.6. The molecule has 2 aromatic rings. The van der Waals surface area contributed by atoms with Crippen LogP contribution in [0.15, 0.2) is 30.5 Å². The smallest absolute Gasteiger partial charge is 0.407 e. The summed E-state index contributed by atoms with van der Waals surface area (Å²) < 4.78 is 6.95. The molecule has 0 saturated carbocycles. The Bertz CT molecular complexity index is 744. The maximum atomic E-state index is 11.3. The number of piperidine rings is 1. The van der Waals surface area contributed by atoms with Gasteiger partial charge in [-0.3, -0.25) is 4.90 Å². The molecular formula is C17H21N5O2. The fourth-order valence-electron chi connectivity index (χ4n) is 3.52. The third-order valence-corrected chi connectivity index (χ3v) is 4.84. The van der Waals surface area contributed by atoms with Crippen molar-refractivity contribution in [1.82, 2.24) is 25.2 Å². The van der Waals surface area contributed by atoms with Gasteiger partial charge in [-0.2, -0.15) is 0 Å². The van der Waals surface area contributed by atoms with Crippen LogP contribution < -0.4 is 5.32 Å². The van der Waals surface area contributed by atoms with E-state index in [9.17, 15) is 4.79 Å².